The number of rotatable bonds is 7. The number of carbonyl (C=O) groups is 1. The molecule has 21 heavy (non-hydrogen) atoms. The van der Waals surface area contributed by atoms with Crippen LogP contribution in [0.25, 0.3) is 0 Å². The van der Waals surface area contributed by atoms with Crippen molar-refractivity contribution in [1.29, 1.82) is 0 Å². The molecule has 1 heterocycles. The van der Waals surface area contributed by atoms with E-state index in [-0.39, 0.29) is 25.5 Å². The fourth-order valence-electron chi connectivity index (χ4n) is 2.11. The summed E-state index contributed by atoms with van der Waals surface area (Å²) in [7, 11) is 0. The van der Waals surface area contributed by atoms with E-state index in [1.165, 1.54) is 6.92 Å². The van der Waals surface area contributed by atoms with Crippen molar-refractivity contribution in [2.75, 3.05) is 19.8 Å². The average molecular weight is 294 g/mol. The van der Waals surface area contributed by atoms with Gasteiger partial charge in [0.1, 0.15) is 12.4 Å². The second kappa shape index (κ2) is 8.64. The predicted octanol–water partition coefficient (Wildman–Crippen LogP) is 2.54. The Morgan fingerprint density at radius 1 is 1.29 bits per heavy atom. The van der Waals surface area contributed by atoms with Crippen LogP contribution in [0.3, 0.4) is 0 Å². The Balaban J connectivity index is 1.77. The highest BCUT2D eigenvalue weighted by molar-refractivity contribution is 5.66. The van der Waals surface area contributed by atoms with Crippen LogP contribution in [0.1, 0.15) is 26.2 Å². The molecular weight excluding hydrogens is 272 g/mol. The van der Waals surface area contributed by atoms with Crippen molar-refractivity contribution in [3.05, 3.63) is 30.3 Å². The van der Waals surface area contributed by atoms with Gasteiger partial charge in [0, 0.05) is 13.5 Å². The molecule has 0 bridgehead atoms. The molecule has 0 aliphatic carbocycles. The van der Waals surface area contributed by atoms with Crippen molar-refractivity contribution in [2.45, 2.75) is 38.6 Å². The van der Waals surface area contributed by atoms with Gasteiger partial charge in [-0.2, -0.15) is 0 Å². The first-order chi connectivity index (χ1) is 10.2. The lowest BCUT2D eigenvalue weighted by molar-refractivity contribution is -0.186. The van der Waals surface area contributed by atoms with Crippen LogP contribution in [0.5, 0.6) is 5.75 Å². The van der Waals surface area contributed by atoms with Crippen LogP contribution < -0.4 is 4.74 Å². The Morgan fingerprint density at radius 2 is 2.10 bits per heavy atom. The van der Waals surface area contributed by atoms with Crippen LogP contribution in [0.2, 0.25) is 0 Å². The topological polar surface area (TPSA) is 54.0 Å². The normalized spacial score (nSPS) is 19.8. The molecule has 1 aromatic carbocycles. The van der Waals surface area contributed by atoms with Gasteiger partial charge >= 0.3 is 5.97 Å². The van der Waals surface area contributed by atoms with E-state index >= 15 is 0 Å². The molecule has 5 heteroatoms. The summed E-state index contributed by atoms with van der Waals surface area (Å²) in [5.41, 5.74) is 0. The standard InChI is InChI=1S/C16H22O5/c1-13(17)21-15(11-19-14-7-3-2-4-8-14)12-20-16-9-5-6-10-18-16/h2-4,7-8,15-16H,5-6,9-12H2,1H3. The summed E-state index contributed by atoms with van der Waals surface area (Å²) in [6, 6.07) is 9.41. The first kappa shape index (κ1) is 15.8. The molecule has 0 amide bonds. The number of carbonyl (C=O) groups excluding carboxylic acids is 1. The molecule has 2 unspecified atom stereocenters. The molecule has 0 saturated carbocycles. The SMILES string of the molecule is CC(=O)OC(COc1ccccc1)COC1CCCCO1. The summed E-state index contributed by atoms with van der Waals surface area (Å²) < 4.78 is 22.0. The van der Waals surface area contributed by atoms with E-state index in [4.69, 9.17) is 18.9 Å². The molecule has 116 valence electrons. The zero-order valence-corrected chi connectivity index (χ0v) is 12.3. The first-order valence-corrected chi connectivity index (χ1v) is 7.32. The average Bonchev–Trinajstić information content (AvgIpc) is 2.51. The van der Waals surface area contributed by atoms with Gasteiger partial charge in [0.05, 0.1) is 6.61 Å². The van der Waals surface area contributed by atoms with Gasteiger partial charge in [0.25, 0.3) is 0 Å². The van der Waals surface area contributed by atoms with E-state index in [2.05, 4.69) is 0 Å². The zero-order chi connectivity index (χ0) is 14.9. The van der Waals surface area contributed by atoms with E-state index in [1.807, 2.05) is 30.3 Å². The number of hydrogen-bond acceptors (Lipinski definition) is 5. The van der Waals surface area contributed by atoms with Crippen LogP contribution in [0.4, 0.5) is 0 Å². The molecule has 0 aromatic heterocycles. The maximum Gasteiger partial charge on any atom is 0.303 e. The number of ether oxygens (including phenoxy) is 4. The molecular formula is C16H22O5. The largest absolute Gasteiger partial charge is 0.490 e. The van der Waals surface area contributed by atoms with Crippen molar-refractivity contribution < 1.29 is 23.7 Å². The number of hydrogen-bond donors (Lipinski definition) is 0. The monoisotopic (exact) mass is 294 g/mol. The highest BCUT2D eigenvalue weighted by Gasteiger charge is 2.19. The van der Waals surface area contributed by atoms with E-state index in [0.29, 0.717) is 0 Å². The molecule has 5 nitrogen and oxygen atoms in total. The fraction of sp³-hybridized carbons (Fsp3) is 0.562. The highest BCUT2D eigenvalue weighted by atomic mass is 16.7. The Kier molecular flexibility index (Phi) is 6.50. The Labute approximate surface area is 125 Å². The molecule has 0 N–H and O–H groups in total. The molecule has 1 aliphatic rings. The minimum absolute atomic E-state index is 0.200. The maximum atomic E-state index is 11.2. The lowest BCUT2D eigenvalue weighted by Crippen LogP contribution is -2.33. The van der Waals surface area contributed by atoms with Crippen LogP contribution in [0.15, 0.2) is 30.3 Å². The Bertz CT molecular complexity index is 414. The second-order valence-electron chi connectivity index (χ2n) is 4.98. The highest BCUT2D eigenvalue weighted by Crippen LogP contribution is 2.15. The number of esters is 1. The summed E-state index contributed by atoms with van der Waals surface area (Å²) >= 11 is 0. The van der Waals surface area contributed by atoms with E-state index in [1.54, 1.807) is 0 Å². The summed E-state index contributed by atoms with van der Waals surface area (Å²) in [4.78, 5) is 11.2. The third-order valence-corrected chi connectivity index (χ3v) is 3.12. The van der Waals surface area contributed by atoms with Gasteiger partial charge in [-0.05, 0) is 31.4 Å². The molecule has 1 fully saturated rings. The van der Waals surface area contributed by atoms with Gasteiger partial charge in [0.15, 0.2) is 12.4 Å². The smallest absolute Gasteiger partial charge is 0.303 e. The zero-order valence-electron chi connectivity index (χ0n) is 12.3. The van der Waals surface area contributed by atoms with E-state index in [0.717, 1.165) is 31.6 Å². The van der Waals surface area contributed by atoms with Crippen molar-refractivity contribution in [2.24, 2.45) is 0 Å². The minimum atomic E-state index is -0.437. The number of benzene rings is 1. The van der Waals surface area contributed by atoms with E-state index < -0.39 is 6.10 Å². The molecule has 0 radical (unpaired) electrons. The Hall–Kier alpha value is -1.59. The van der Waals surface area contributed by atoms with E-state index in [9.17, 15) is 4.79 Å². The van der Waals surface area contributed by atoms with Crippen molar-refractivity contribution in [1.82, 2.24) is 0 Å². The van der Waals surface area contributed by atoms with Crippen LogP contribution in [-0.4, -0.2) is 38.2 Å². The van der Waals surface area contributed by atoms with Gasteiger partial charge in [-0.1, -0.05) is 18.2 Å². The van der Waals surface area contributed by atoms with Crippen LogP contribution in [0, 0.1) is 0 Å². The van der Waals surface area contributed by atoms with Gasteiger partial charge in [-0.3, -0.25) is 4.79 Å². The van der Waals surface area contributed by atoms with Crippen LogP contribution >= 0.6 is 0 Å². The lowest BCUT2D eigenvalue weighted by atomic mass is 10.2. The van der Waals surface area contributed by atoms with Crippen molar-refractivity contribution in [3.63, 3.8) is 0 Å². The summed E-state index contributed by atoms with van der Waals surface area (Å²) in [5.74, 6) is 0.397. The fourth-order valence-corrected chi connectivity index (χ4v) is 2.11. The Morgan fingerprint density at radius 3 is 2.76 bits per heavy atom. The first-order valence-electron chi connectivity index (χ1n) is 7.32. The molecule has 2 rings (SSSR count). The van der Waals surface area contributed by atoms with Crippen LogP contribution in [-0.2, 0) is 19.0 Å². The van der Waals surface area contributed by atoms with Crippen molar-refractivity contribution >= 4 is 5.97 Å². The van der Waals surface area contributed by atoms with Gasteiger partial charge in [-0.25, -0.2) is 0 Å². The minimum Gasteiger partial charge on any atom is -0.490 e. The van der Waals surface area contributed by atoms with Gasteiger partial charge in [-0.15, -0.1) is 0 Å². The molecule has 2 atom stereocenters. The van der Waals surface area contributed by atoms with Gasteiger partial charge < -0.3 is 18.9 Å². The number of para-hydroxylation sites is 1. The summed E-state index contributed by atoms with van der Waals surface area (Å²) in [6.07, 6.45) is 2.42. The molecule has 1 saturated heterocycles. The molecule has 0 spiro atoms. The lowest BCUT2D eigenvalue weighted by Gasteiger charge is -2.25. The van der Waals surface area contributed by atoms with Crippen molar-refractivity contribution in [3.8, 4) is 5.75 Å². The third kappa shape index (κ3) is 6.14. The molecule has 1 aromatic rings. The maximum absolute atomic E-state index is 11.2. The summed E-state index contributed by atoms with van der Waals surface area (Å²) in [5, 5.41) is 0. The second-order valence-corrected chi connectivity index (χ2v) is 4.98. The predicted molar refractivity (Wildman–Crippen MR) is 77.0 cm³/mol. The van der Waals surface area contributed by atoms with Gasteiger partial charge in [0.2, 0.25) is 0 Å². The third-order valence-electron chi connectivity index (χ3n) is 3.12. The summed E-state index contributed by atoms with van der Waals surface area (Å²) in [6.45, 7) is 2.64. The molecule has 1 aliphatic heterocycles. The quantitative estimate of drug-likeness (QED) is 0.723.